The molecule has 2 rings (SSSR count). The Kier molecular flexibility index (Phi) is 5.15. The fourth-order valence-electron chi connectivity index (χ4n) is 2.10. The van der Waals surface area contributed by atoms with E-state index in [9.17, 15) is 13.2 Å². The van der Waals surface area contributed by atoms with E-state index in [4.69, 9.17) is 0 Å². The zero-order valence-electron chi connectivity index (χ0n) is 12.6. The van der Waals surface area contributed by atoms with Crippen LogP contribution in [0.3, 0.4) is 0 Å². The van der Waals surface area contributed by atoms with E-state index in [0.29, 0.717) is 13.0 Å². The predicted molar refractivity (Wildman–Crippen MR) is 85.0 cm³/mol. The number of para-hydroxylation sites is 1. The average molecular weight is 324 g/mol. The van der Waals surface area contributed by atoms with Crippen LogP contribution in [0.25, 0.3) is 11.0 Å². The van der Waals surface area contributed by atoms with Crippen LogP contribution in [0.5, 0.6) is 0 Å². The molecule has 0 aliphatic heterocycles. The van der Waals surface area contributed by atoms with Gasteiger partial charge in [0.1, 0.15) is 5.82 Å². The maximum absolute atomic E-state index is 11.6. The Morgan fingerprint density at radius 3 is 2.77 bits per heavy atom. The van der Waals surface area contributed by atoms with E-state index in [0.717, 1.165) is 28.7 Å². The molecule has 1 amide bonds. The Hall–Kier alpha value is -1.93. The molecule has 0 aliphatic carbocycles. The van der Waals surface area contributed by atoms with Crippen molar-refractivity contribution in [1.82, 2.24) is 20.0 Å². The number of rotatable bonds is 7. The molecule has 1 aromatic carbocycles. The lowest BCUT2D eigenvalue weighted by Gasteiger charge is -2.04. The van der Waals surface area contributed by atoms with Gasteiger partial charge in [0.15, 0.2) is 0 Å². The van der Waals surface area contributed by atoms with E-state index in [-0.39, 0.29) is 18.9 Å². The van der Waals surface area contributed by atoms with Crippen molar-refractivity contribution >= 4 is 27.0 Å². The molecule has 0 aliphatic rings. The van der Waals surface area contributed by atoms with Crippen LogP contribution in [0.1, 0.15) is 17.8 Å². The number of nitrogens with one attached hydrogen (secondary N) is 3. The first-order chi connectivity index (χ1) is 10.3. The Bertz CT molecular complexity index is 767. The third-order valence-corrected chi connectivity index (χ3v) is 3.89. The van der Waals surface area contributed by atoms with E-state index in [1.54, 1.807) is 0 Å². The summed E-state index contributed by atoms with van der Waals surface area (Å²) in [5, 5.41) is 2.74. The highest BCUT2D eigenvalue weighted by atomic mass is 32.2. The molecule has 0 saturated heterocycles. The number of hydrogen-bond acceptors (Lipinski definition) is 4. The van der Waals surface area contributed by atoms with Crippen LogP contribution < -0.4 is 10.0 Å². The molecule has 1 heterocycles. The number of nitrogens with zero attached hydrogens (tertiary/aromatic N) is 1. The van der Waals surface area contributed by atoms with Gasteiger partial charge in [-0.3, -0.25) is 4.79 Å². The molecule has 1 aromatic heterocycles. The number of H-pyrrole nitrogens is 1. The molecule has 0 unspecified atom stereocenters. The number of aromatic nitrogens is 2. The van der Waals surface area contributed by atoms with Gasteiger partial charge in [-0.25, -0.2) is 18.1 Å². The number of fused-ring (bicyclic) bond motifs is 1. The summed E-state index contributed by atoms with van der Waals surface area (Å²) in [4.78, 5) is 19.3. The van der Waals surface area contributed by atoms with E-state index >= 15 is 0 Å². The van der Waals surface area contributed by atoms with Crippen molar-refractivity contribution < 1.29 is 13.2 Å². The average Bonchev–Trinajstić information content (AvgIpc) is 2.81. The first-order valence-corrected chi connectivity index (χ1v) is 8.90. The molecule has 8 heteroatoms. The van der Waals surface area contributed by atoms with Gasteiger partial charge in [0, 0.05) is 25.9 Å². The van der Waals surface area contributed by atoms with Crippen molar-refractivity contribution in [3.8, 4) is 0 Å². The summed E-state index contributed by atoms with van der Waals surface area (Å²) in [6, 6.07) is 5.94. The highest BCUT2D eigenvalue weighted by Gasteiger charge is 2.07. The second-order valence-corrected chi connectivity index (χ2v) is 7.00. The largest absolute Gasteiger partial charge is 0.356 e. The lowest BCUT2D eigenvalue weighted by atomic mass is 10.2. The maximum atomic E-state index is 11.6. The van der Waals surface area contributed by atoms with Gasteiger partial charge in [-0.05, 0) is 18.6 Å². The summed E-state index contributed by atoms with van der Waals surface area (Å²) in [7, 11) is -3.25. The zero-order valence-corrected chi connectivity index (χ0v) is 13.5. The third kappa shape index (κ3) is 4.81. The molecule has 0 saturated carbocycles. The molecule has 0 radical (unpaired) electrons. The monoisotopic (exact) mass is 324 g/mol. The fourth-order valence-corrected chi connectivity index (χ4v) is 2.58. The number of hydrogen-bond donors (Lipinski definition) is 3. The van der Waals surface area contributed by atoms with Gasteiger partial charge < -0.3 is 10.3 Å². The standard InChI is InChI=1S/C14H20N4O3S/c1-10-4-3-5-11-14(10)18-12(17-11)6-8-15-13(19)7-9-16-22(2,20)21/h3-5,16H,6-9H2,1-2H3,(H,15,19)(H,17,18). The van der Waals surface area contributed by atoms with Crippen molar-refractivity contribution in [3.05, 3.63) is 29.6 Å². The highest BCUT2D eigenvalue weighted by molar-refractivity contribution is 7.88. The summed E-state index contributed by atoms with van der Waals surface area (Å²) in [5.41, 5.74) is 3.04. The minimum atomic E-state index is -3.25. The second kappa shape index (κ2) is 6.89. The Balaban J connectivity index is 1.78. The lowest BCUT2D eigenvalue weighted by Crippen LogP contribution is -2.31. The number of carbonyl (C=O) groups excluding carboxylic acids is 1. The first-order valence-electron chi connectivity index (χ1n) is 7.01. The van der Waals surface area contributed by atoms with Crippen LogP contribution >= 0.6 is 0 Å². The number of benzene rings is 1. The Morgan fingerprint density at radius 2 is 2.09 bits per heavy atom. The molecule has 7 nitrogen and oxygen atoms in total. The molecule has 22 heavy (non-hydrogen) atoms. The van der Waals surface area contributed by atoms with Crippen LogP contribution in [-0.4, -0.2) is 43.6 Å². The molecular weight excluding hydrogens is 304 g/mol. The molecule has 120 valence electrons. The van der Waals surface area contributed by atoms with Gasteiger partial charge in [0.25, 0.3) is 0 Å². The van der Waals surface area contributed by atoms with E-state index in [1.807, 2.05) is 25.1 Å². The molecule has 2 aromatic rings. The van der Waals surface area contributed by atoms with Crippen molar-refractivity contribution in [2.45, 2.75) is 19.8 Å². The van der Waals surface area contributed by atoms with Crippen LogP contribution in [0.2, 0.25) is 0 Å². The van der Waals surface area contributed by atoms with Gasteiger partial charge >= 0.3 is 0 Å². The van der Waals surface area contributed by atoms with E-state index in [1.165, 1.54) is 0 Å². The van der Waals surface area contributed by atoms with Gasteiger partial charge in [-0.2, -0.15) is 0 Å². The summed E-state index contributed by atoms with van der Waals surface area (Å²) in [6.07, 6.45) is 1.78. The van der Waals surface area contributed by atoms with E-state index in [2.05, 4.69) is 20.0 Å². The van der Waals surface area contributed by atoms with Gasteiger partial charge in [-0.1, -0.05) is 12.1 Å². The summed E-state index contributed by atoms with van der Waals surface area (Å²) in [5.74, 6) is 0.627. The minimum Gasteiger partial charge on any atom is -0.356 e. The smallest absolute Gasteiger partial charge is 0.221 e. The number of imidazole rings is 1. The zero-order chi connectivity index (χ0) is 16.2. The molecule has 0 atom stereocenters. The molecular formula is C14H20N4O3S. The normalized spacial score (nSPS) is 11.7. The Labute approximate surface area is 129 Å². The van der Waals surface area contributed by atoms with Crippen LogP contribution in [0.15, 0.2) is 18.2 Å². The van der Waals surface area contributed by atoms with Gasteiger partial charge in [0.2, 0.25) is 15.9 Å². The maximum Gasteiger partial charge on any atom is 0.221 e. The minimum absolute atomic E-state index is 0.106. The summed E-state index contributed by atoms with van der Waals surface area (Å²) < 4.78 is 24.0. The molecule has 0 bridgehead atoms. The van der Waals surface area contributed by atoms with Crippen LogP contribution in [0.4, 0.5) is 0 Å². The topological polar surface area (TPSA) is 104 Å². The third-order valence-electron chi connectivity index (χ3n) is 3.16. The predicted octanol–water partition coefficient (Wildman–Crippen LogP) is 0.469. The van der Waals surface area contributed by atoms with Crippen LogP contribution in [0, 0.1) is 6.92 Å². The second-order valence-electron chi connectivity index (χ2n) is 5.17. The summed E-state index contributed by atoms with van der Waals surface area (Å²) in [6.45, 7) is 2.56. The van der Waals surface area contributed by atoms with Gasteiger partial charge in [-0.15, -0.1) is 0 Å². The highest BCUT2D eigenvalue weighted by Crippen LogP contribution is 2.15. The van der Waals surface area contributed by atoms with E-state index < -0.39 is 10.0 Å². The number of amides is 1. The van der Waals surface area contributed by atoms with Crippen molar-refractivity contribution in [3.63, 3.8) is 0 Å². The summed E-state index contributed by atoms with van der Waals surface area (Å²) >= 11 is 0. The molecule has 0 fully saturated rings. The lowest BCUT2D eigenvalue weighted by molar-refractivity contribution is -0.120. The number of carbonyl (C=O) groups is 1. The SMILES string of the molecule is Cc1cccc2[nH]c(CCNC(=O)CCNS(C)(=O)=O)nc12. The first kappa shape index (κ1) is 16.4. The quantitative estimate of drug-likeness (QED) is 0.688. The number of sulfonamides is 1. The van der Waals surface area contributed by atoms with Crippen LogP contribution in [-0.2, 0) is 21.2 Å². The van der Waals surface area contributed by atoms with Crippen molar-refractivity contribution in [2.24, 2.45) is 0 Å². The molecule has 3 N–H and O–H groups in total. The number of aryl methyl sites for hydroxylation is 1. The molecule has 0 spiro atoms. The van der Waals surface area contributed by atoms with Gasteiger partial charge in [0.05, 0.1) is 17.3 Å². The number of aromatic amines is 1. The van der Waals surface area contributed by atoms with Crippen molar-refractivity contribution in [1.29, 1.82) is 0 Å². The fraction of sp³-hybridized carbons (Fsp3) is 0.429. The van der Waals surface area contributed by atoms with Crippen molar-refractivity contribution in [2.75, 3.05) is 19.3 Å². The Morgan fingerprint density at radius 1 is 1.32 bits per heavy atom.